The molecule has 3 rings (SSSR count). The lowest BCUT2D eigenvalue weighted by atomic mass is 10.1. The van der Waals surface area contributed by atoms with Crippen LogP contribution in [0.3, 0.4) is 0 Å². The van der Waals surface area contributed by atoms with E-state index in [9.17, 15) is 13.2 Å². The van der Waals surface area contributed by atoms with Crippen molar-refractivity contribution in [1.82, 2.24) is 14.8 Å². The van der Waals surface area contributed by atoms with E-state index in [2.05, 4.69) is 27.8 Å². The SMILES string of the molecule is CCCc1cccc(-c2ncn(-c3ccc(OC(F)(F)F)cc3)n2)c1. The number of aromatic nitrogens is 3. The Morgan fingerprint density at radius 1 is 1.08 bits per heavy atom. The number of hydrogen-bond donors (Lipinski definition) is 0. The first kappa shape index (κ1) is 17.0. The fourth-order valence-corrected chi connectivity index (χ4v) is 2.47. The summed E-state index contributed by atoms with van der Waals surface area (Å²) in [6.07, 6.45) is -1.14. The lowest BCUT2D eigenvalue weighted by Gasteiger charge is -2.09. The van der Waals surface area contributed by atoms with Gasteiger partial charge >= 0.3 is 6.36 Å². The molecule has 0 aliphatic rings. The third-order valence-corrected chi connectivity index (χ3v) is 3.55. The summed E-state index contributed by atoms with van der Waals surface area (Å²) in [5.41, 5.74) is 2.71. The molecule has 2 aromatic carbocycles. The van der Waals surface area contributed by atoms with Crippen molar-refractivity contribution in [2.45, 2.75) is 26.1 Å². The first-order chi connectivity index (χ1) is 11.9. The van der Waals surface area contributed by atoms with E-state index in [4.69, 9.17) is 0 Å². The molecule has 25 heavy (non-hydrogen) atoms. The topological polar surface area (TPSA) is 39.9 Å². The van der Waals surface area contributed by atoms with Gasteiger partial charge in [0.05, 0.1) is 5.69 Å². The standard InChI is InChI=1S/C18H16F3N3O/c1-2-4-13-5-3-6-14(11-13)17-22-12-24(23-17)15-7-9-16(10-8-15)25-18(19,20)21/h3,5-12H,2,4H2,1H3. The van der Waals surface area contributed by atoms with Crippen LogP contribution in [0.5, 0.6) is 5.75 Å². The maximum atomic E-state index is 12.2. The molecule has 1 heterocycles. The first-order valence-electron chi connectivity index (χ1n) is 7.82. The Morgan fingerprint density at radius 3 is 2.52 bits per heavy atom. The van der Waals surface area contributed by atoms with E-state index < -0.39 is 6.36 Å². The van der Waals surface area contributed by atoms with E-state index in [1.807, 2.05) is 18.2 Å². The second-order valence-corrected chi connectivity index (χ2v) is 5.50. The van der Waals surface area contributed by atoms with Crippen molar-refractivity contribution in [2.75, 3.05) is 0 Å². The highest BCUT2D eigenvalue weighted by Gasteiger charge is 2.30. The van der Waals surface area contributed by atoms with Crippen LogP contribution in [-0.4, -0.2) is 21.1 Å². The Balaban J connectivity index is 1.80. The highest BCUT2D eigenvalue weighted by molar-refractivity contribution is 5.56. The summed E-state index contributed by atoms with van der Waals surface area (Å²) >= 11 is 0. The summed E-state index contributed by atoms with van der Waals surface area (Å²) in [5, 5.41) is 4.40. The van der Waals surface area contributed by atoms with Crippen LogP contribution in [0.15, 0.2) is 54.9 Å². The monoisotopic (exact) mass is 347 g/mol. The molecule has 0 aliphatic heterocycles. The highest BCUT2D eigenvalue weighted by atomic mass is 19.4. The van der Waals surface area contributed by atoms with Crippen LogP contribution < -0.4 is 4.74 Å². The molecule has 0 fully saturated rings. The lowest BCUT2D eigenvalue weighted by Crippen LogP contribution is -2.17. The number of halogens is 3. The average Bonchev–Trinajstić information content (AvgIpc) is 3.05. The lowest BCUT2D eigenvalue weighted by molar-refractivity contribution is -0.274. The zero-order valence-corrected chi connectivity index (χ0v) is 13.5. The van der Waals surface area contributed by atoms with Crippen molar-refractivity contribution in [1.29, 1.82) is 0 Å². The molecule has 3 aromatic rings. The van der Waals surface area contributed by atoms with Crippen molar-refractivity contribution < 1.29 is 17.9 Å². The molecule has 0 N–H and O–H groups in total. The molecule has 0 saturated heterocycles. The van der Waals surface area contributed by atoms with Gasteiger partial charge in [0.25, 0.3) is 0 Å². The fourth-order valence-electron chi connectivity index (χ4n) is 2.47. The second-order valence-electron chi connectivity index (χ2n) is 5.50. The predicted octanol–water partition coefficient (Wildman–Crippen LogP) is 4.79. The molecule has 7 heteroatoms. The van der Waals surface area contributed by atoms with Gasteiger partial charge in [0.2, 0.25) is 0 Å². The molecule has 0 saturated carbocycles. The van der Waals surface area contributed by atoms with Crippen LogP contribution in [-0.2, 0) is 6.42 Å². The Hall–Kier alpha value is -2.83. The number of nitrogens with zero attached hydrogens (tertiary/aromatic N) is 3. The number of rotatable bonds is 5. The molecular weight excluding hydrogens is 331 g/mol. The molecule has 4 nitrogen and oxygen atoms in total. The van der Waals surface area contributed by atoms with Gasteiger partial charge in [0, 0.05) is 5.56 Å². The molecule has 130 valence electrons. The molecule has 0 unspecified atom stereocenters. The van der Waals surface area contributed by atoms with Crippen LogP contribution in [0, 0.1) is 0 Å². The largest absolute Gasteiger partial charge is 0.573 e. The van der Waals surface area contributed by atoms with Crippen molar-refractivity contribution in [3.63, 3.8) is 0 Å². The second kappa shape index (κ2) is 6.96. The minimum atomic E-state index is -4.70. The van der Waals surface area contributed by atoms with Gasteiger partial charge in [-0.1, -0.05) is 31.5 Å². The van der Waals surface area contributed by atoms with Crippen LogP contribution >= 0.6 is 0 Å². The molecule has 0 amide bonds. The smallest absolute Gasteiger partial charge is 0.406 e. The maximum absolute atomic E-state index is 12.2. The Morgan fingerprint density at radius 2 is 1.84 bits per heavy atom. The first-order valence-corrected chi connectivity index (χ1v) is 7.82. The summed E-state index contributed by atoms with van der Waals surface area (Å²) in [6.45, 7) is 2.12. The molecule has 0 radical (unpaired) electrons. The highest BCUT2D eigenvalue weighted by Crippen LogP contribution is 2.24. The molecule has 1 aromatic heterocycles. The van der Waals surface area contributed by atoms with Gasteiger partial charge in [-0.2, -0.15) is 0 Å². The number of alkyl halides is 3. The van der Waals surface area contributed by atoms with E-state index in [0.717, 1.165) is 18.4 Å². The average molecular weight is 347 g/mol. The number of hydrogen-bond acceptors (Lipinski definition) is 3. The maximum Gasteiger partial charge on any atom is 0.573 e. The van der Waals surface area contributed by atoms with Crippen LogP contribution in [0.25, 0.3) is 17.1 Å². The fraction of sp³-hybridized carbons (Fsp3) is 0.222. The zero-order chi connectivity index (χ0) is 17.9. The Labute approximate surface area is 142 Å². The number of ether oxygens (including phenoxy) is 1. The third kappa shape index (κ3) is 4.37. The number of benzene rings is 2. The van der Waals surface area contributed by atoms with Gasteiger partial charge in [-0.05, 0) is 42.3 Å². The van der Waals surface area contributed by atoms with Gasteiger partial charge in [0.1, 0.15) is 12.1 Å². The van der Waals surface area contributed by atoms with Gasteiger partial charge in [0.15, 0.2) is 5.82 Å². The normalized spacial score (nSPS) is 11.5. The van der Waals surface area contributed by atoms with Crippen LogP contribution in [0.2, 0.25) is 0 Å². The van der Waals surface area contributed by atoms with E-state index in [1.54, 1.807) is 0 Å². The Bertz CT molecular complexity index is 841. The summed E-state index contributed by atoms with van der Waals surface area (Å²) in [4.78, 5) is 4.29. The van der Waals surface area contributed by atoms with Gasteiger partial charge in [-0.3, -0.25) is 0 Å². The molecule has 0 atom stereocenters. The van der Waals surface area contributed by atoms with Crippen molar-refractivity contribution in [3.8, 4) is 22.8 Å². The minimum Gasteiger partial charge on any atom is -0.406 e. The molecule has 0 spiro atoms. The summed E-state index contributed by atoms with van der Waals surface area (Å²) in [5.74, 6) is 0.289. The molecular formula is C18H16F3N3O. The van der Waals surface area contributed by atoms with Gasteiger partial charge < -0.3 is 4.74 Å². The quantitative estimate of drug-likeness (QED) is 0.666. The van der Waals surface area contributed by atoms with Crippen LogP contribution in [0.4, 0.5) is 13.2 Å². The summed E-state index contributed by atoms with van der Waals surface area (Å²) in [7, 11) is 0. The minimum absolute atomic E-state index is 0.274. The van der Waals surface area contributed by atoms with Crippen molar-refractivity contribution in [2.24, 2.45) is 0 Å². The van der Waals surface area contributed by atoms with E-state index in [0.29, 0.717) is 11.5 Å². The van der Waals surface area contributed by atoms with Crippen LogP contribution in [0.1, 0.15) is 18.9 Å². The molecule has 0 bridgehead atoms. The zero-order valence-electron chi connectivity index (χ0n) is 13.5. The Kier molecular flexibility index (Phi) is 4.74. The molecule has 0 aliphatic carbocycles. The van der Waals surface area contributed by atoms with Crippen molar-refractivity contribution >= 4 is 0 Å². The van der Waals surface area contributed by atoms with Gasteiger partial charge in [-0.15, -0.1) is 18.3 Å². The van der Waals surface area contributed by atoms with Gasteiger partial charge in [-0.25, -0.2) is 9.67 Å². The van der Waals surface area contributed by atoms with E-state index in [-0.39, 0.29) is 5.75 Å². The number of aryl methyl sites for hydroxylation is 1. The predicted molar refractivity (Wildman–Crippen MR) is 87.5 cm³/mol. The van der Waals surface area contributed by atoms with E-state index in [1.165, 1.54) is 40.8 Å². The van der Waals surface area contributed by atoms with E-state index >= 15 is 0 Å². The third-order valence-electron chi connectivity index (χ3n) is 3.55. The van der Waals surface area contributed by atoms with Crippen molar-refractivity contribution in [3.05, 3.63) is 60.4 Å². The summed E-state index contributed by atoms with van der Waals surface area (Å²) < 4.78 is 42.0. The summed E-state index contributed by atoms with van der Waals surface area (Å²) in [6, 6.07) is 13.5.